The molecule has 0 radical (unpaired) electrons. The van der Waals surface area contributed by atoms with Gasteiger partial charge in [-0.05, 0) is 31.1 Å². The van der Waals surface area contributed by atoms with Gasteiger partial charge in [0.1, 0.15) is 11.4 Å². The van der Waals surface area contributed by atoms with E-state index in [2.05, 4.69) is 24.2 Å². The molecule has 0 fully saturated rings. The van der Waals surface area contributed by atoms with E-state index in [4.69, 9.17) is 0 Å². The molecule has 80 valence electrons. The highest BCUT2D eigenvalue weighted by atomic mass is 15.4. The quantitative estimate of drug-likeness (QED) is 0.699. The molecule has 0 N–H and O–H groups in total. The fourth-order valence-corrected chi connectivity index (χ4v) is 1.96. The van der Waals surface area contributed by atoms with Crippen LogP contribution in [0, 0.1) is 0 Å². The standard InChI is InChI=1S/C13H14N3/c1-11-7-8-13(11)16-10-15(9-14-16)12-5-3-2-4-6-12/h2-6,9-10H,7-8H2,1H3/q+1. The van der Waals surface area contributed by atoms with Crippen molar-refractivity contribution in [1.29, 1.82) is 0 Å². The SMILES string of the molecule is CC1=C(n2c[n+](-c3ccccc3)cn2)CC1. The minimum absolute atomic E-state index is 1.14. The fourth-order valence-electron chi connectivity index (χ4n) is 1.96. The number of para-hydroxylation sites is 1. The van der Waals surface area contributed by atoms with Gasteiger partial charge in [-0.3, -0.25) is 0 Å². The van der Waals surface area contributed by atoms with E-state index in [-0.39, 0.29) is 0 Å². The minimum Gasteiger partial charge on any atom is -0.203 e. The molecule has 0 spiro atoms. The van der Waals surface area contributed by atoms with Crippen LogP contribution in [0.2, 0.25) is 0 Å². The summed E-state index contributed by atoms with van der Waals surface area (Å²) in [5.41, 5.74) is 3.93. The van der Waals surface area contributed by atoms with Crippen LogP contribution in [0.15, 0.2) is 48.6 Å². The smallest absolute Gasteiger partial charge is 0.203 e. The van der Waals surface area contributed by atoms with E-state index in [1.807, 2.05) is 40.1 Å². The molecule has 0 aliphatic heterocycles. The molecule has 1 heterocycles. The van der Waals surface area contributed by atoms with Crippen molar-refractivity contribution in [2.24, 2.45) is 0 Å². The topological polar surface area (TPSA) is 21.7 Å². The Hall–Kier alpha value is -1.90. The maximum absolute atomic E-state index is 4.39. The molecular formula is C13H14N3+. The zero-order valence-electron chi connectivity index (χ0n) is 9.30. The second-order valence-electron chi connectivity index (χ2n) is 4.16. The lowest BCUT2D eigenvalue weighted by molar-refractivity contribution is -0.596. The van der Waals surface area contributed by atoms with Gasteiger partial charge in [0, 0.05) is 11.5 Å². The molecule has 1 aliphatic rings. The van der Waals surface area contributed by atoms with Crippen LogP contribution in [0.25, 0.3) is 11.4 Å². The molecule has 3 nitrogen and oxygen atoms in total. The summed E-state index contributed by atoms with van der Waals surface area (Å²) in [5, 5.41) is 4.39. The van der Waals surface area contributed by atoms with Crippen molar-refractivity contribution in [3.63, 3.8) is 0 Å². The average molecular weight is 212 g/mol. The Morgan fingerprint density at radius 3 is 2.62 bits per heavy atom. The van der Waals surface area contributed by atoms with Crippen LogP contribution < -0.4 is 4.57 Å². The lowest BCUT2D eigenvalue weighted by Gasteiger charge is -2.14. The zero-order valence-corrected chi connectivity index (χ0v) is 9.30. The van der Waals surface area contributed by atoms with Crippen LogP contribution in [-0.4, -0.2) is 9.78 Å². The summed E-state index contributed by atoms with van der Waals surface area (Å²) in [6.45, 7) is 2.17. The highest BCUT2D eigenvalue weighted by Gasteiger charge is 2.21. The molecule has 0 unspecified atom stereocenters. The number of rotatable bonds is 2. The molecule has 0 saturated heterocycles. The van der Waals surface area contributed by atoms with E-state index < -0.39 is 0 Å². The van der Waals surface area contributed by atoms with Crippen molar-refractivity contribution < 1.29 is 4.57 Å². The largest absolute Gasteiger partial charge is 0.270 e. The van der Waals surface area contributed by atoms with Crippen LogP contribution in [0.4, 0.5) is 0 Å². The summed E-state index contributed by atoms with van der Waals surface area (Å²) in [4.78, 5) is 0. The van der Waals surface area contributed by atoms with Gasteiger partial charge in [0.15, 0.2) is 0 Å². The molecule has 1 aromatic carbocycles. The van der Waals surface area contributed by atoms with Gasteiger partial charge in [-0.25, -0.2) is 4.57 Å². The highest BCUT2D eigenvalue weighted by Crippen LogP contribution is 2.29. The van der Waals surface area contributed by atoms with Crippen molar-refractivity contribution in [2.45, 2.75) is 19.8 Å². The third-order valence-electron chi connectivity index (χ3n) is 3.09. The zero-order chi connectivity index (χ0) is 11.0. The molecule has 0 amide bonds. The molecular weight excluding hydrogens is 198 g/mol. The van der Waals surface area contributed by atoms with Crippen molar-refractivity contribution in [2.75, 3.05) is 0 Å². The van der Waals surface area contributed by atoms with Gasteiger partial charge in [0.2, 0.25) is 6.33 Å². The summed E-state index contributed by atoms with van der Waals surface area (Å²) in [6, 6.07) is 10.2. The molecule has 3 rings (SSSR count). The predicted octanol–water partition coefficient (Wildman–Crippen LogP) is 2.18. The first-order valence-corrected chi connectivity index (χ1v) is 5.55. The van der Waals surface area contributed by atoms with Crippen LogP contribution in [0.3, 0.4) is 0 Å². The van der Waals surface area contributed by atoms with Gasteiger partial charge in [-0.15, -0.1) is 0 Å². The summed E-state index contributed by atoms with van der Waals surface area (Å²) >= 11 is 0. The van der Waals surface area contributed by atoms with E-state index in [0.29, 0.717) is 0 Å². The maximum atomic E-state index is 4.39. The number of hydrogen-bond donors (Lipinski definition) is 0. The summed E-state index contributed by atoms with van der Waals surface area (Å²) < 4.78 is 4.02. The number of aromatic nitrogens is 3. The van der Waals surface area contributed by atoms with Crippen molar-refractivity contribution in [1.82, 2.24) is 9.78 Å². The molecule has 1 aromatic heterocycles. The van der Waals surface area contributed by atoms with Gasteiger partial charge < -0.3 is 0 Å². The molecule has 2 aromatic rings. The third kappa shape index (κ3) is 1.45. The van der Waals surface area contributed by atoms with Crippen molar-refractivity contribution in [3.05, 3.63) is 48.6 Å². The normalized spacial score (nSPS) is 15.1. The summed E-state index contributed by atoms with van der Waals surface area (Å²) in [7, 11) is 0. The number of allylic oxidation sites excluding steroid dienone is 2. The monoisotopic (exact) mass is 212 g/mol. The average Bonchev–Trinajstić information content (AvgIpc) is 2.77. The molecule has 0 atom stereocenters. The number of benzene rings is 1. The second kappa shape index (κ2) is 3.59. The van der Waals surface area contributed by atoms with Gasteiger partial charge in [-0.1, -0.05) is 22.9 Å². The Labute approximate surface area is 94.7 Å². The van der Waals surface area contributed by atoms with Crippen molar-refractivity contribution in [3.8, 4) is 5.69 Å². The van der Waals surface area contributed by atoms with E-state index >= 15 is 0 Å². The van der Waals surface area contributed by atoms with Gasteiger partial charge >= 0.3 is 0 Å². The van der Waals surface area contributed by atoms with E-state index in [9.17, 15) is 0 Å². The first-order valence-electron chi connectivity index (χ1n) is 5.55. The van der Waals surface area contributed by atoms with E-state index in [0.717, 1.165) is 12.1 Å². The highest BCUT2D eigenvalue weighted by molar-refractivity contribution is 5.55. The lowest BCUT2D eigenvalue weighted by Crippen LogP contribution is -2.27. The molecule has 3 heteroatoms. The van der Waals surface area contributed by atoms with Crippen molar-refractivity contribution >= 4 is 5.70 Å². The predicted molar refractivity (Wildman–Crippen MR) is 61.9 cm³/mol. The number of hydrogen-bond acceptors (Lipinski definition) is 1. The van der Waals surface area contributed by atoms with E-state index in [1.54, 1.807) is 0 Å². The van der Waals surface area contributed by atoms with Crippen LogP contribution in [0.1, 0.15) is 19.8 Å². The third-order valence-corrected chi connectivity index (χ3v) is 3.09. The van der Waals surface area contributed by atoms with Gasteiger partial charge in [0.05, 0.1) is 0 Å². The van der Waals surface area contributed by atoms with Crippen LogP contribution >= 0.6 is 0 Å². The molecule has 1 aliphatic carbocycles. The van der Waals surface area contributed by atoms with Crippen LogP contribution in [-0.2, 0) is 0 Å². The minimum atomic E-state index is 1.14. The van der Waals surface area contributed by atoms with E-state index in [1.165, 1.54) is 17.7 Å². The number of nitrogens with zero attached hydrogens (tertiary/aromatic N) is 3. The Morgan fingerprint density at radius 2 is 2.00 bits per heavy atom. The van der Waals surface area contributed by atoms with Crippen LogP contribution in [0.5, 0.6) is 0 Å². The fraction of sp³-hybridized carbons (Fsp3) is 0.231. The molecule has 0 saturated carbocycles. The molecule has 16 heavy (non-hydrogen) atoms. The lowest BCUT2D eigenvalue weighted by atomic mass is 9.96. The second-order valence-corrected chi connectivity index (χ2v) is 4.16. The Kier molecular flexibility index (Phi) is 2.10. The molecule has 0 bridgehead atoms. The first-order chi connectivity index (χ1) is 7.84. The Balaban J connectivity index is 1.97. The van der Waals surface area contributed by atoms with Gasteiger partial charge in [-0.2, -0.15) is 0 Å². The summed E-state index contributed by atoms with van der Waals surface area (Å²) in [5.74, 6) is 0. The Bertz CT molecular complexity index is 537. The first kappa shape index (κ1) is 9.33. The maximum Gasteiger partial charge on any atom is 0.270 e. The Morgan fingerprint density at radius 1 is 1.19 bits per heavy atom. The van der Waals surface area contributed by atoms with Gasteiger partial charge in [0.25, 0.3) is 6.33 Å². The summed E-state index contributed by atoms with van der Waals surface area (Å²) in [6.07, 6.45) is 6.24.